The molecule has 1 rings (SSSR count). The maximum Gasteiger partial charge on any atom is 0.204 e. The molecule has 0 saturated heterocycles. The van der Waals surface area contributed by atoms with Crippen molar-refractivity contribution in [2.24, 2.45) is 0 Å². The van der Waals surface area contributed by atoms with Gasteiger partial charge in [0.2, 0.25) is 5.75 Å². The van der Waals surface area contributed by atoms with Crippen LogP contribution in [0, 0.1) is 0 Å². The summed E-state index contributed by atoms with van der Waals surface area (Å²) in [5, 5.41) is 6.39. The highest BCUT2D eigenvalue weighted by molar-refractivity contribution is 5.63. The maximum absolute atomic E-state index is 5.31. The summed E-state index contributed by atoms with van der Waals surface area (Å²) >= 11 is 0. The largest absolute Gasteiger partial charge is 0.490 e. The van der Waals surface area contributed by atoms with Gasteiger partial charge in [-0.05, 0) is 13.3 Å². The van der Waals surface area contributed by atoms with Gasteiger partial charge in [-0.15, -0.1) is 0 Å². The van der Waals surface area contributed by atoms with Gasteiger partial charge in [0.25, 0.3) is 0 Å². The summed E-state index contributed by atoms with van der Waals surface area (Å²) in [6.07, 6.45) is 3.80. The number of hydrogen-bond donors (Lipinski definition) is 2. The van der Waals surface area contributed by atoms with Crippen molar-refractivity contribution in [3.8, 4) is 5.75 Å². The Morgan fingerprint density at radius 3 is 2.44 bits per heavy atom. The SMILES string of the molecule is CCCCNc1ncnc(NCC)c1OC. The van der Waals surface area contributed by atoms with Crippen molar-refractivity contribution < 1.29 is 4.74 Å². The van der Waals surface area contributed by atoms with Gasteiger partial charge < -0.3 is 15.4 Å². The lowest BCUT2D eigenvalue weighted by atomic mass is 10.3. The number of ether oxygens (including phenoxy) is 1. The van der Waals surface area contributed by atoms with Gasteiger partial charge in [0.15, 0.2) is 11.6 Å². The second-order valence-electron chi connectivity index (χ2n) is 3.41. The van der Waals surface area contributed by atoms with E-state index >= 15 is 0 Å². The van der Waals surface area contributed by atoms with E-state index < -0.39 is 0 Å². The molecule has 0 aliphatic carbocycles. The maximum atomic E-state index is 5.31. The van der Waals surface area contributed by atoms with Gasteiger partial charge >= 0.3 is 0 Å². The van der Waals surface area contributed by atoms with Crippen LogP contribution in [-0.4, -0.2) is 30.2 Å². The van der Waals surface area contributed by atoms with Gasteiger partial charge in [0.05, 0.1) is 7.11 Å². The topological polar surface area (TPSA) is 59.1 Å². The van der Waals surface area contributed by atoms with Crippen LogP contribution in [0.4, 0.5) is 11.6 Å². The van der Waals surface area contributed by atoms with Crippen LogP contribution in [0.5, 0.6) is 5.75 Å². The molecule has 0 atom stereocenters. The van der Waals surface area contributed by atoms with Crippen LogP contribution in [0.1, 0.15) is 26.7 Å². The van der Waals surface area contributed by atoms with Gasteiger partial charge in [0.1, 0.15) is 6.33 Å². The van der Waals surface area contributed by atoms with Gasteiger partial charge in [-0.1, -0.05) is 13.3 Å². The van der Waals surface area contributed by atoms with Crippen LogP contribution in [0.15, 0.2) is 6.33 Å². The Morgan fingerprint density at radius 1 is 1.19 bits per heavy atom. The summed E-state index contributed by atoms with van der Waals surface area (Å²) in [4.78, 5) is 8.32. The highest BCUT2D eigenvalue weighted by atomic mass is 16.5. The molecule has 0 radical (unpaired) electrons. The first-order chi connectivity index (χ1) is 7.83. The molecule has 1 heterocycles. The zero-order valence-electron chi connectivity index (χ0n) is 10.2. The standard InChI is InChI=1S/C11H20N4O/c1-4-6-7-13-11-9(16-3)10(12-5-2)14-8-15-11/h8H,4-7H2,1-3H3,(H2,12,13,14,15). The molecule has 90 valence electrons. The second-order valence-corrected chi connectivity index (χ2v) is 3.41. The van der Waals surface area contributed by atoms with E-state index in [1.165, 1.54) is 6.33 Å². The molecule has 1 aromatic heterocycles. The number of rotatable bonds is 7. The van der Waals surface area contributed by atoms with E-state index in [0.717, 1.165) is 37.6 Å². The molecule has 0 bridgehead atoms. The minimum atomic E-state index is 0.681. The average Bonchev–Trinajstić information content (AvgIpc) is 2.30. The highest BCUT2D eigenvalue weighted by Crippen LogP contribution is 2.28. The fourth-order valence-corrected chi connectivity index (χ4v) is 1.37. The smallest absolute Gasteiger partial charge is 0.204 e. The fraction of sp³-hybridized carbons (Fsp3) is 0.636. The van der Waals surface area contributed by atoms with E-state index in [2.05, 4.69) is 27.5 Å². The summed E-state index contributed by atoms with van der Waals surface area (Å²) in [5.74, 6) is 2.17. The van der Waals surface area contributed by atoms with Crippen molar-refractivity contribution in [2.45, 2.75) is 26.7 Å². The van der Waals surface area contributed by atoms with Crippen LogP contribution in [0.2, 0.25) is 0 Å². The normalized spacial score (nSPS) is 9.94. The quantitative estimate of drug-likeness (QED) is 0.695. The third-order valence-corrected chi connectivity index (χ3v) is 2.17. The van der Waals surface area contributed by atoms with Crippen molar-refractivity contribution in [3.63, 3.8) is 0 Å². The van der Waals surface area contributed by atoms with Crippen molar-refractivity contribution in [2.75, 3.05) is 30.8 Å². The number of aromatic nitrogens is 2. The molecule has 0 amide bonds. The Labute approximate surface area is 96.6 Å². The molecule has 1 aromatic rings. The van der Waals surface area contributed by atoms with Gasteiger partial charge in [0, 0.05) is 13.1 Å². The second kappa shape index (κ2) is 6.87. The zero-order valence-corrected chi connectivity index (χ0v) is 10.2. The van der Waals surface area contributed by atoms with Crippen molar-refractivity contribution in [1.29, 1.82) is 0 Å². The molecular weight excluding hydrogens is 204 g/mol. The van der Waals surface area contributed by atoms with Crippen LogP contribution in [0.25, 0.3) is 0 Å². The first kappa shape index (κ1) is 12.5. The third-order valence-electron chi connectivity index (χ3n) is 2.17. The molecule has 0 unspecified atom stereocenters. The van der Waals surface area contributed by atoms with Crippen LogP contribution < -0.4 is 15.4 Å². The summed E-state index contributed by atoms with van der Waals surface area (Å²) in [6.45, 7) is 5.88. The van der Waals surface area contributed by atoms with E-state index in [-0.39, 0.29) is 0 Å². The monoisotopic (exact) mass is 224 g/mol. The van der Waals surface area contributed by atoms with Gasteiger partial charge in [-0.3, -0.25) is 0 Å². The first-order valence-electron chi connectivity index (χ1n) is 5.70. The van der Waals surface area contributed by atoms with E-state index in [0.29, 0.717) is 5.75 Å². The predicted molar refractivity (Wildman–Crippen MR) is 66.1 cm³/mol. The molecule has 2 N–H and O–H groups in total. The summed E-state index contributed by atoms with van der Waals surface area (Å²) in [5.41, 5.74) is 0. The average molecular weight is 224 g/mol. The summed E-state index contributed by atoms with van der Waals surface area (Å²) in [7, 11) is 1.63. The Kier molecular flexibility index (Phi) is 5.39. The molecule has 0 aromatic carbocycles. The zero-order chi connectivity index (χ0) is 11.8. The molecule has 5 nitrogen and oxygen atoms in total. The summed E-state index contributed by atoms with van der Waals surface area (Å²) in [6, 6.07) is 0. The molecule has 0 fully saturated rings. The number of unbranched alkanes of at least 4 members (excludes halogenated alkanes) is 1. The Hall–Kier alpha value is -1.52. The summed E-state index contributed by atoms with van der Waals surface area (Å²) < 4.78 is 5.31. The molecule has 0 aliphatic heterocycles. The van der Waals surface area contributed by atoms with E-state index in [1.54, 1.807) is 7.11 Å². The Bertz CT molecular complexity index is 317. The minimum Gasteiger partial charge on any atom is -0.490 e. The number of nitrogens with zero attached hydrogens (tertiary/aromatic N) is 2. The molecule has 0 saturated carbocycles. The third kappa shape index (κ3) is 3.25. The van der Waals surface area contributed by atoms with Gasteiger partial charge in [-0.25, -0.2) is 9.97 Å². The molecule has 16 heavy (non-hydrogen) atoms. The van der Waals surface area contributed by atoms with Crippen LogP contribution in [0.3, 0.4) is 0 Å². The lowest BCUT2D eigenvalue weighted by Gasteiger charge is -2.13. The first-order valence-corrected chi connectivity index (χ1v) is 5.70. The molecule has 0 spiro atoms. The Morgan fingerprint density at radius 2 is 1.88 bits per heavy atom. The lowest BCUT2D eigenvalue weighted by Crippen LogP contribution is -2.08. The van der Waals surface area contributed by atoms with Gasteiger partial charge in [-0.2, -0.15) is 0 Å². The number of anilines is 2. The van der Waals surface area contributed by atoms with Crippen molar-refractivity contribution in [1.82, 2.24) is 9.97 Å². The lowest BCUT2D eigenvalue weighted by molar-refractivity contribution is 0.414. The van der Waals surface area contributed by atoms with E-state index in [4.69, 9.17) is 4.74 Å². The number of nitrogens with one attached hydrogen (secondary N) is 2. The number of methoxy groups -OCH3 is 1. The van der Waals surface area contributed by atoms with Crippen molar-refractivity contribution in [3.05, 3.63) is 6.33 Å². The number of hydrogen-bond acceptors (Lipinski definition) is 5. The molecule has 5 heteroatoms. The fourth-order valence-electron chi connectivity index (χ4n) is 1.37. The van der Waals surface area contributed by atoms with E-state index in [1.807, 2.05) is 6.92 Å². The van der Waals surface area contributed by atoms with Crippen LogP contribution >= 0.6 is 0 Å². The molecular formula is C11H20N4O. The van der Waals surface area contributed by atoms with E-state index in [9.17, 15) is 0 Å². The van der Waals surface area contributed by atoms with Crippen LogP contribution in [-0.2, 0) is 0 Å². The highest BCUT2D eigenvalue weighted by Gasteiger charge is 2.10. The predicted octanol–water partition coefficient (Wildman–Crippen LogP) is 2.13. The molecule has 0 aliphatic rings. The van der Waals surface area contributed by atoms with Crippen molar-refractivity contribution >= 4 is 11.6 Å². The Balaban J connectivity index is 2.77. The minimum absolute atomic E-state index is 0.681.